The summed E-state index contributed by atoms with van der Waals surface area (Å²) in [5.74, 6) is 1.25. The van der Waals surface area contributed by atoms with Crippen molar-refractivity contribution in [3.05, 3.63) is 35.4 Å². The van der Waals surface area contributed by atoms with Crippen molar-refractivity contribution in [2.24, 2.45) is 0 Å². The lowest BCUT2D eigenvalue weighted by molar-refractivity contribution is 0.241. The highest BCUT2D eigenvalue weighted by atomic mass is 16.2. The van der Waals surface area contributed by atoms with Gasteiger partial charge in [0.1, 0.15) is 0 Å². The number of rotatable bonds is 0. The number of carbonyl (C=O) groups is 1. The van der Waals surface area contributed by atoms with Crippen LogP contribution in [0.15, 0.2) is 24.3 Å². The van der Waals surface area contributed by atoms with Gasteiger partial charge in [-0.1, -0.05) is 24.3 Å². The van der Waals surface area contributed by atoms with Crippen molar-refractivity contribution in [3.8, 4) is 0 Å². The molecule has 2 N–H and O–H groups in total. The molecule has 5 aliphatic rings. The van der Waals surface area contributed by atoms with Gasteiger partial charge in [0.25, 0.3) is 0 Å². The van der Waals surface area contributed by atoms with Crippen molar-refractivity contribution in [2.45, 2.75) is 48.6 Å². The Morgan fingerprint density at radius 3 is 1.78 bits per heavy atom. The van der Waals surface area contributed by atoms with E-state index >= 15 is 0 Å². The topological polar surface area (TPSA) is 41.1 Å². The predicted octanol–water partition coefficient (Wildman–Crippen LogP) is 2.25. The predicted molar refractivity (Wildman–Crippen MR) is 67.5 cm³/mol. The molecule has 1 saturated heterocycles. The first-order chi connectivity index (χ1) is 8.71. The van der Waals surface area contributed by atoms with E-state index in [1.54, 1.807) is 11.1 Å². The zero-order valence-corrected chi connectivity index (χ0v) is 10.2. The summed E-state index contributed by atoms with van der Waals surface area (Å²) >= 11 is 0. The lowest BCUT2D eigenvalue weighted by Crippen LogP contribution is -2.51. The summed E-state index contributed by atoms with van der Waals surface area (Å²) in [4.78, 5) is 11.7. The van der Waals surface area contributed by atoms with Crippen LogP contribution in [0.4, 0.5) is 4.79 Å². The van der Waals surface area contributed by atoms with Gasteiger partial charge in [-0.25, -0.2) is 4.79 Å². The second kappa shape index (κ2) is 2.58. The molecule has 1 aromatic rings. The summed E-state index contributed by atoms with van der Waals surface area (Å²) in [6.07, 6.45) is 4.50. The first-order valence-corrected chi connectivity index (χ1v) is 6.91. The molecule has 0 radical (unpaired) electrons. The lowest BCUT2D eigenvalue weighted by atomic mass is 9.85. The highest BCUT2D eigenvalue weighted by Crippen LogP contribution is 2.65. The van der Waals surface area contributed by atoms with Gasteiger partial charge in [0.15, 0.2) is 0 Å². The zero-order chi connectivity index (χ0) is 12.0. The molecule has 0 unspecified atom stereocenters. The Morgan fingerprint density at radius 2 is 1.33 bits per heavy atom. The highest BCUT2D eigenvalue weighted by molar-refractivity contribution is 5.81. The van der Waals surface area contributed by atoms with E-state index in [-0.39, 0.29) is 17.1 Å². The average Bonchev–Trinajstić information content (AvgIpc) is 2.75. The van der Waals surface area contributed by atoms with Crippen molar-refractivity contribution < 1.29 is 4.79 Å². The summed E-state index contributed by atoms with van der Waals surface area (Å²) in [7, 11) is 0. The minimum atomic E-state index is 0.0401. The molecular weight excluding hydrogens is 224 g/mol. The summed E-state index contributed by atoms with van der Waals surface area (Å²) in [6.45, 7) is 0. The van der Waals surface area contributed by atoms with Gasteiger partial charge in [-0.3, -0.25) is 0 Å². The summed E-state index contributed by atoms with van der Waals surface area (Å²) in [5, 5.41) is 6.54. The number of carbonyl (C=O) groups excluding carboxylic acids is 1. The molecule has 6 rings (SSSR count). The molecule has 92 valence electrons. The quantitative estimate of drug-likeness (QED) is 0.717. The number of hydrogen-bond acceptors (Lipinski definition) is 1. The van der Waals surface area contributed by atoms with Gasteiger partial charge in [0, 0.05) is 0 Å². The largest absolute Gasteiger partial charge is 0.330 e. The Morgan fingerprint density at radius 1 is 0.889 bits per heavy atom. The van der Waals surface area contributed by atoms with Gasteiger partial charge < -0.3 is 10.6 Å². The number of urea groups is 1. The highest BCUT2D eigenvalue weighted by Gasteiger charge is 2.69. The van der Waals surface area contributed by atoms with Crippen molar-refractivity contribution in [1.82, 2.24) is 10.6 Å². The van der Waals surface area contributed by atoms with Crippen LogP contribution < -0.4 is 10.6 Å². The fourth-order valence-corrected chi connectivity index (χ4v) is 5.38. The Hall–Kier alpha value is -1.51. The Balaban J connectivity index is 1.75. The molecule has 0 aromatic heterocycles. The smallest absolute Gasteiger partial charge is 0.315 e. The van der Waals surface area contributed by atoms with Gasteiger partial charge in [-0.15, -0.1) is 0 Å². The van der Waals surface area contributed by atoms with E-state index in [1.165, 1.54) is 0 Å². The van der Waals surface area contributed by atoms with Crippen LogP contribution in [0.25, 0.3) is 0 Å². The number of hydrogen-bond donors (Lipinski definition) is 2. The van der Waals surface area contributed by atoms with E-state index in [0.29, 0.717) is 11.8 Å². The van der Waals surface area contributed by atoms with Gasteiger partial charge in [-0.2, -0.15) is 0 Å². The SMILES string of the molecule is O=C1NC23CC4CC2(CC(C3)c2ccccc24)N1. The van der Waals surface area contributed by atoms with Crippen LogP contribution in [0.5, 0.6) is 0 Å². The molecule has 3 nitrogen and oxygen atoms in total. The fourth-order valence-electron chi connectivity index (χ4n) is 5.38. The summed E-state index contributed by atoms with van der Waals surface area (Å²) < 4.78 is 0. The maximum absolute atomic E-state index is 11.7. The Kier molecular flexibility index (Phi) is 1.35. The average molecular weight is 240 g/mol. The fraction of sp³-hybridized carbons (Fsp3) is 0.533. The van der Waals surface area contributed by atoms with Crippen LogP contribution in [0.1, 0.15) is 48.6 Å². The van der Waals surface area contributed by atoms with Gasteiger partial charge in [0.05, 0.1) is 11.1 Å². The Bertz CT molecular complexity index is 519. The van der Waals surface area contributed by atoms with E-state index in [4.69, 9.17) is 0 Å². The van der Waals surface area contributed by atoms with E-state index in [2.05, 4.69) is 34.9 Å². The third kappa shape index (κ3) is 0.826. The molecule has 1 aromatic carbocycles. The van der Waals surface area contributed by atoms with Crippen molar-refractivity contribution in [3.63, 3.8) is 0 Å². The van der Waals surface area contributed by atoms with Crippen LogP contribution in [0.2, 0.25) is 0 Å². The minimum Gasteiger partial charge on any atom is -0.330 e. The van der Waals surface area contributed by atoms with Crippen LogP contribution in [-0.2, 0) is 0 Å². The van der Waals surface area contributed by atoms with Gasteiger partial charge >= 0.3 is 6.03 Å². The second-order valence-corrected chi connectivity index (χ2v) is 6.58. The molecule has 0 atom stereocenters. The minimum absolute atomic E-state index is 0.0401. The van der Waals surface area contributed by atoms with Gasteiger partial charge in [-0.05, 0) is 48.6 Å². The van der Waals surface area contributed by atoms with Crippen LogP contribution >= 0.6 is 0 Å². The molecule has 1 heterocycles. The first kappa shape index (κ1) is 9.42. The van der Waals surface area contributed by atoms with Crippen LogP contribution in [-0.4, -0.2) is 17.1 Å². The molecule has 2 spiro atoms. The number of benzene rings is 1. The second-order valence-electron chi connectivity index (χ2n) is 6.58. The molecule has 2 saturated carbocycles. The van der Waals surface area contributed by atoms with Crippen molar-refractivity contribution >= 4 is 6.03 Å². The van der Waals surface area contributed by atoms with E-state index < -0.39 is 0 Å². The van der Waals surface area contributed by atoms with E-state index in [1.807, 2.05) is 0 Å². The summed E-state index contributed by atoms with van der Waals surface area (Å²) in [5.41, 5.74) is 3.17. The first-order valence-electron chi connectivity index (χ1n) is 6.91. The third-order valence-electron chi connectivity index (χ3n) is 5.88. The maximum Gasteiger partial charge on any atom is 0.315 e. The molecule has 1 aliphatic heterocycles. The molecule has 2 amide bonds. The van der Waals surface area contributed by atoms with Crippen LogP contribution in [0, 0.1) is 0 Å². The number of nitrogens with one attached hydrogen (secondary N) is 2. The third-order valence-corrected chi connectivity index (χ3v) is 5.88. The Labute approximate surface area is 106 Å². The van der Waals surface area contributed by atoms with Crippen molar-refractivity contribution in [1.29, 1.82) is 0 Å². The molecular formula is C15H16N2O. The van der Waals surface area contributed by atoms with Gasteiger partial charge in [0.2, 0.25) is 0 Å². The molecule has 3 heteroatoms. The van der Waals surface area contributed by atoms with Crippen LogP contribution in [0.3, 0.4) is 0 Å². The molecule has 4 aliphatic carbocycles. The zero-order valence-electron chi connectivity index (χ0n) is 10.2. The monoisotopic (exact) mass is 240 g/mol. The maximum atomic E-state index is 11.7. The lowest BCUT2D eigenvalue weighted by Gasteiger charge is -2.31. The number of amides is 2. The van der Waals surface area contributed by atoms with Crippen molar-refractivity contribution in [2.75, 3.05) is 0 Å². The normalized spacial score (nSPS) is 46.3. The summed E-state index contributed by atoms with van der Waals surface area (Å²) in [6, 6.07) is 8.97. The molecule has 4 bridgehead atoms. The molecule has 3 fully saturated rings. The van der Waals surface area contributed by atoms with E-state index in [0.717, 1.165) is 25.7 Å². The molecule has 18 heavy (non-hydrogen) atoms. The van der Waals surface area contributed by atoms with E-state index in [9.17, 15) is 4.79 Å². The standard InChI is InChI=1S/C15H16N2O/c18-13-16-14-5-9-6-15(14,17-13)8-10(7-14)12-4-2-1-3-11(9)12/h1-4,9-10H,5-8H2,(H2,16,17,18).